The van der Waals surface area contributed by atoms with Crippen molar-refractivity contribution in [2.24, 2.45) is 0 Å². The molecule has 2 atom stereocenters. The third-order valence-electron chi connectivity index (χ3n) is 5.16. The van der Waals surface area contributed by atoms with Gasteiger partial charge in [0.15, 0.2) is 0 Å². The standard InChI is InChI=1S/C22H14BrClFN3O/c23-16-5-8-19(27-12-16)22(15-3-6-17(24)7-4-15)10-20(22)28-21(29)13-1-2-14(11-26)18(25)9-13/h1-9,12,20H,10H2,(H,28,29). The quantitative estimate of drug-likeness (QED) is 0.584. The van der Waals surface area contributed by atoms with Crippen LogP contribution in [0, 0.1) is 17.1 Å². The van der Waals surface area contributed by atoms with E-state index in [0.717, 1.165) is 21.8 Å². The second kappa shape index (κ2) is 7.58. The summed E-state index contributed by atoms with van der Waals surface area (Å²) in [7, 11) is 0. The van der Waals surface area contributed by atoms with E-state index in [4.69, 9.17) is 16.9 Å². The summed E-state index contributed by atoms with van der Waals surface area (Å²) in [6.07, 6.45) is 2.38. The Bertz CT molecular complexity index is 1080. The number of carbonyl (C=O) groups excluding carboxylic acids is 1. The minimum absolute atomic E-state index is 0.0949. The smallest absolute Gasteiger partial charge is 0.251 e. The van der Waals surface area contributed by atoms with Crippen LogP contribution in [-0.2, 0) is 5.41 Å². The normalized spacial score (nSPS) is 20.0. The number of benzene rings is 2. The molecule has 144 valence electrons. The highest BCUT2D eigenvalue weighted by Gasteiger charge is 2.58. The van der Waals surface area contributed by atoms with Crippen molar-refractivity contribution in [2.75, 3.05) is 0 Å². The number of rotatable bonds is 4. The van der Waals surface area contributed by atoms with Crippen LogP contribution in [0.15, 0.2) is 65.3 Å². The van der Waals surface area contributed by atoms with Crippen LogP contribution in [0.3, 0.4) is 0 Å². The predicted molar refractivity (Wildman–Crippen MR) is 111 cm³/mol. The number of hydrogen-bond donors (Lipinski definition) is 1. The summed E-state index contributed by atoms with van der Waals surface area (Å²) in [5, 5.41) is 12.5. The topological polar surface area (TPSA) is 65.8 Å². The molecule has 0 bridgehead atoms. The Morgan fingerprint density at radius 1 is 1.24 bits per heavy atom. The molecule has 1 amide bonds. The number of nitriles is 1. The van der Waals surface area contributed by atoms with E-state index in [0.29, 0.717) is 11.4 Å². The molecule has 4 rings (SSSR count). The van der Waals surface area contributed by atoms with Gasteiger partial charge >= 0.3 is 0 Å². The molecule has 7 heteroatoms. The van der Waals surface area contributed by atoms with Crippen LogP contribution >= 0.6 is 27.5 Å². The number of hydrogen-bond acceptors (Lipinski definition) is 3. The summed E-state index contributed by atoms with van der Waals surface area (Å²) < 4.78 is 14.8. The Kier molecular flexibility index (Phi) is 5.12. The van der Waals surface area contributed by atoms with Gasteiger partial charge in [-0.3, -0.25) is 9.78 Å². The predicted octanol–water partition coefficient (Wildman–Crippen LogP) is 5.00. The first-order valence-electron chi connectivity index (χ1n) is 8.82. The maximum absolute atomic E-state index is 13.9. The lowest BCUT2D eigenvalue weighted by Gasteiger charge is -2.19. The highest BCUT2D eigenvalue weighted by atomic mass is 79.9. The molecular formula is C22H14BrClFN3O. The molecule has 1 fully saturated rings. The van der Waals surface area contributed by atoms with Crippen LogP contribution < -0.4 is 5.32 Å². The molecule has 1 N–H and O–H groups in total. The minimum Gasteiger partial charge on any atom is -0.348 e. The lowest BCUT2D eigenvalue weighted by molar-refractivity contribution is 0.0948. The van der Waals surface area contributed by atoms with Crippen molar-refractivity contribution in [1.29, 1.82) is 5.26 Å². The van der Waals surface area contributed by atoms with Gasteiger partial charge in [-0.1, -0.05) is 23.7 Å². The van der Waals surface area contributed by atoms with Gasteiger partial charge in [-0.2, -0.15) is 5.26 Å². The van der Waals surface area contributed by atoms with Crippen molar-refractivity contribution in [2.45, 2.75) is 17.9 Å². The summed E-state index contributed by atoms with van der Waals surface area (Å²) in [5.74, 6) is -1.11. The van der Waals surface area contributed by atoms with Gasteiger partial charge in [0.2, 0.25) is 0 Å². The fourth-order valence-corrected chi connectivity index (χ4v) is 3.92. The van der Waals surface area contributed by atoms with Gasteiger partial charge in [0.05, 0.1) is 16.7 Å². The molecule has 29 heavy (non-hydrogen) atoms. The molecule has 1 saturated carbocycles. The number of halogens is 3. The van der Waals surface area contributed by atoms with E-state index in [1.807, 2.05) is 36.4 Å². The number of nitrogens with zero attached hydrogens (tertiary/aromatic N) is 2. The summed E-state index contributed by atoms with van der Waals surface area (Å²) in [6, 6.07) is 16.7. The molecule has 2 unspecified atom stereocenters. The fourth-order valence-electron chi connectivity index (χ4n) is 3.56. The summed E-state index contributed by atoms with van der Waals surface area (Å²) in [6.45, 7) is 0. The minimum atomic E-state index is -0.713. The second-order valence-corrected chi connectivity index (χ2v) is 8.23. The van der Waals surface area contributed by atoms with Crippen LogP contribution in [0.2, 0.25) is 5.02 Å². The van der Waals surface area contributed by atoms with E-state index in [-0.39, 0.29) is 17.2 Å². The molecule has 0 spiro atoms. The zero-order valence-corrected chi connectivity index (χ0v) is 17.3. The first kappa shape index (κ1) is 19.6. The molecule has 2 aromatic carbocycles. The third kappa shape index (κ3) is 3.64. The van der Waals surface area contributed by atoms with Crippen LogP contribution in [0.1, 0.15) is 33.6 Å². The molecule has 0 saturated heterocycles. The fraction of sp³-hybridized carbons (Fsp3) is 0.136. The van der Waals surface area contributed by atoms with Crippen LogP contribution in [0.5, 0.6) is 0 Å². The van der Waals surface area contributed by atoms with Gasteiger partial charge in [-0.05, 0) is 70.4 Å². The Morgan fingerprint density at radius 2 is 2.00 bits per heavy atom. The maximum Gasteiger partial charge on any atom is 0.251 e. The van der Waals surface area contributed by atoms with Gasteiger partial charge in [0, 0.05) is 27.3 Å². The lowest BCUT2D eigenvalue weighted by atomic mass is 9.91. The molecule has 1 aliphatic rings. The first-order chi connectivity index (χ1) is 13.9. The van der Waals surface area contributed by atoms with Gasteiger partial charge in [0.1, 0.15) is 11.9 Å². The van der Waals surface area contributed by atoms with E-state index < -0.39 is 17.1 Å². The van der Waals surface area contributed by atoms with Gasteiger partial charge in [0.25, 0.3) is 5.91 Å². The average Bonchev–Trinajstić information content (AvgIpc) is 3.43. The maximum atomic E-state index is 13.9. The monoisotopic (exact) mass is 469 g/mol. The number of aromatic nitrogens is 1. The highest BCUT2D eigenvalue weighted by Crippen LogP contribution is 2.53. The third-order valence-corrected chi connectivity index (χ3v) is 5.88. The summed E-state index contributed by atoms with van der Waals surface area (Å²) >= 11 is 9.43. The number of amides is 1. The van der Waals surface area contributed by atoms with E-state index in [2.05, 4.69) is 26.2 Å². The van der Waals surface area contributed by atoms with Crippen LogP contribution in [0.4, 0.5) is 4.39 Å². The molecule has 1 aliphatic carbocycles. The first-order valence-corrected chi connectivity index (χ1v) is 10.00. The van der Waals surface area contributed by atoms with Crippen molar-refractivity contribution < 1.29 is 9.18 Å². The number of carbonyl (C=O) groups is 1. The second-order valence-electron chi connectivity index (χ2n) is 6.88. The molecule has 1 aromatic heterocycles. The van der Waals surface area contributed by atoms with Crippen molar-refractivity contribution in [3.63, 3.8) is 0 Å². The molecule has 0 radical (unpaired) electrons. The van der Waals surface area contributed by atoms with Crippen LogP contribution in [-0.4, -0.2) is 16.9 Å². The zero-order valence-electron chi connectivity index (χ0n) is 15.0. The SMILES string of the molecule is N#Cc1ccc(C(=O)NC2CC2(c2ccc(Cl)cc2)c2ccc(Br)cn2)cc1F. The Labute approximate surface area is 180 Å². The Hall–Kier alpha value is -2.75. The van der Waals surface area contributed by atoms with Crippen LogP contribution in [0.25, 0.3) is 0 Å². The van der Waals surface area contributed by atoms with Gasteiger partial charge in [-0.25, -0.2) is 4.39 Å². The number of pyridine rings is 1. The van der Waals surface area contributed by atoms with Crippen molar-refractivity contribution in [3.05, 3.63) is 98.5 Å². The molecule has 1 heterocycles. The summed E-state index contributed by atoms with van der Waals surface area (Å²) in [5.41, 5.74) is 1.42. The average molecular weight is 471 g/mol. The van der Waals surface area contributed by atoms with Crippen molar-refractivity contribution >= 4 is 33.4 Å². The summed E-state index contributed by atoms with van der Waals surface area (Å²) in [4.78, 5) is 17.2. The molecule has 3 aromatic rings. The van der Waals surface area contributed by atoms with Gasteiger partial charge in [-0.15, -0.1) is 0 Å². The van der Waals surface area contributed by atoms with Crippen molar-refractivity contribution in [1.82, 2.24) is 10.3 Å². The van der Waals surface area contributed by atoms with E-state index in [1.54, 1.807) is 12.3 Å². The van der Waals surface area contributed by atoms with E-state index in [9.17, 15) is 9.18 Å². The number of nitrogens with one attached hydrogen (secondary N) is 1. The molecular weight excluding hydrogens is 457 g/mol. The molecule has 4 nitrogen and oxygen atoms in total. The van der Waals surface area contributed by atoms with E-state index in [1.165, 1.54) is 12.1 Å². The molecule has 0 aliphatic heterocycles. The largest absolute Gasteiger partial charge is 0.348 e. The lowest BCUT2D eigenvalue weighted by Crippen LogP contribution is -2.32. The zero-order chi connectivity index (χ0) is 20.6. The highest BCUT2D eigenvalue weighted by molar-refractivity contribution is 9.10. The van der Waals surface area contributed by atoms with E-state index >= 15 is 0 Å². The van der Waals surface area contributed by atoms with Crippen molar-refractivity contribution in [3.8, 4) is 6.07 Å². The Balaban J connectivity index is 1.64. The van der Waals surface area contributed by atoms with Gasteiger partial charge < -0.3 is 5.32 Å². The Morgan fingerprint density at radius 3 is 2.62 bits per heavy atom.